The first-order valence-electron chi connectivity index (χ1n) is 5.95. The van der Waals surface area contributed by atoms with Gasteiger partial charge in [0.05, 0.1) is 11.8 Å². The average Bonchev–Trinajstić information content (AvgIpc) is 3.01. The zero-order chi connectivity index (χ0) is 13.9. The van der Waals surface area contributed by atoms with E-state index < -0.39 is 5.82 Å². The molecular formula is C15H9FN4. The summed E-state index contributed by atoms with van der Waals surface area (Å²) >= 11 is 0. The largest absolute Gasteiger partial charge is 0.205 e. The predicted octanol–water partition coefficient (Wildman–Crippen LogP) is 3.15. The molecule has 3 aromatic rings. The molecule has 0 spiro atoms. The fourth-order valence-corrected chi connectivity index (χ4v) is 2.09. The van der Waals surface area contributed by atoms with Crippen LogP contribution in [0.5, 0.6) is 0 Å². The second kappa shape index (κ2) is 4.94. The topological polar surface area (TPSA) is 65.4 Å². The van der Waals surface area contributed by atoms with Crippen molar-refractivity contribution in [1.82, 2.24) is 15.4 Å². The molecule has 4 nitrogen and oxygen atoms in total. The highest BCUT2D eigenvalue weighted by Crippen LogP contribution is 2.34. The van der Waals surface area contributed by atoms with E-state index in [0.29, 0.717) is 11.3 Å². The van der Waals surface area contributed by atoms with Gasteiger partial charge in [0.15, 0.2) is 5.82 Å². The van der Waals surface area contributed by atoms with Crippen LogP contribution in [0.2, 0.25) is 0 Å². The van der Waals surface area contributed by atoms with E-state index in [4.69, 9.17) is 5.26 Å². The number of hydrogen-bond donors (Lipinski definition) is 1. The Morgan fingerprint density at radius 3 is 2.55 bits per heavy atom. The van der Waals surface area contributed by atoms with Crippen LogP contribution >= 0.6 is 0 Å². The van der Waals surface area contributed by atoms with Gasteiger partial charge in [-0.3, -0.25) is 0 Å². The van der Waals surface area contributed by atoms with Gasteiger partial charge >= 0.3 is 0 Å². The maximum absolute atomic E-state index is 14.5. The van der Waals surface area contributed by atoms with E-state index in [0.717, 1.165) is 5.56 Å². The second-order valence-electron chi connectivity index (χ2n) is 4.18. The Kier molecular flexibility index (Phi) is 2.98. The van der Waals surface area contributed by atoms with Crippen LogP contribution < -0.4 is 0 Å². The summed E-state index contributed by atoms with van der Waals surface area (Å²) in [6.07, 6.45) is 1.44. The maximum atomic E-state index is 14.5. The van der Waals surface area contributed by atoms with E-state index in [-0.39, 0.29) is 11.1 Å². The molecule has 3 rings (SSSR count). The number of rotatable bonds is 2. The molecule has 0 aliphatic rings. The zero-order valence-corrected chi connectivity index (χ0v) is 10.3. The molecule has 1 heterocycles. The Morgan fingerprint density at radius 2 is 1.90 bits per heavy atom. The molecule has 0 bridgehead atoms. The summed E-state index contributed by atoms with van der Waals surface area (Å²) in [5.74, 6) is -0.581. The first-order chi connectivity index (χ1) is 9.81. The normalized spacial score (nSPS) is 10.2. The molecule has 0 amide bonds. The highest BCUT2D eigenvalue weighted by atomic mass is 19.1. The third-order valence-electron chi connectivity index (χ3n) is 3.02. The summed E-state index contributed by atoms with van der Waals surface area (Å²) in [7, 11) is 0. The third kappa shape index (κ3) is 1.93. The molecule has 0 radical (unpaired) electrons. The fraction of sp³-hybridized carbons (Fsp3) is 0. The predicted molar refractivity (Wildman–Crippen MR) is 71.9 cm³/mol. The van der Waals surface area contributed by atoms with Crippen LogP contribution in [0.3, 0.4) is 0 Å². The van der Waals surface area contributed by atoms with Gasteiger partial charge in [0.2, 0.25) is 0 Å². The number of H-pyrrole nitrogens is 1. The van der Waals surface area contributed by atoms with E-state index in [1.54, 1.807) is 6.07 Å². The number of halogens is 1. The van der Waals surface area contributed by atoms with Gasteiger partial charge in [-0.25, -0.2) is 4.39 Å². The Morgan fingerprint density at radius 1 is 1.10 bits per heavy atom. The van der Waals surface area contributed by atoms with Gasteiger partial charge in [-0.05, 0) is 17.2 Å². The van der Waals surface area contributed by atoms with Crippen LogP contribution in [0.25, 0.3) is 22.4 Å². The number of hydrogen-bond acceptors (Lipinski definition) is 3. The number of aromatic nitrogens is 3. The van der Waals surface area contributed by atoms with Crippen molar-refractivity contribution in [3.05, 3.63) is 60.0 Å². The molecule has 0 saturated heterocycles. The smallest absolute Gasteiger partial charge is 0.151 e. The lowest BCUT2D eigenvalue weighted by molar-refractivity contribution is 0.627. The van der Waals surface area contributed by atoms with E-state index >= 15 is 0 Å². The molecule has 20 heavy (non-hydrogen) atoms. The van der Waals surface area contributed by atoms with Crippen molar-refractivity contribution < 1.29 is 4.39 Å². The fourth-order valence-electron chi connectivity index (χ4n) is 2.09. The highest BCUT2D eigenvalue weighted by molar-refractivity contribution is 5.83. The summed E-state index contributed by atoms with van der Waals surface area (Å²) in [6.45, 7) is 0. The molecule has 0 aliphatic carbocycles. The van der Waals surface area contributed by atoms with Crippen LogP contribution in [0, 0.1) is 17.1 Å². The number of nitriles is 1. The summed E-state index contributed by atoms with van der Waals surface area (Å²) in [6, 6.07) is 14.4. The Labute approximate surface area is 114 Å². The van der Waals surface area contributed by atoms with Crippen LogP contribution in [0.15, 0.2) is 48.7 Å². The SMILES string of the molecule is N#Cc1ccc(-c2ccccc2)c(-c2cn[nH]n2)c1F. The number of nitrogens with zero attached hydrogens (tertiary/aromatic N) is 3. The molecule has 0 aliphatic heterocycles. The quantitative estimate of drug-likeness (QED) is 0.773. The minimum absolute atomic E-state index is 0.0114. The van der Waals surface area contributed by atoms with Crippen molar-refractivity contribution >= 4 is 0 Å². The minimum atomic E-state index is -0.581. The molecule has 2 aromatic carbocycles. The summed E-state index contributed by atoms with van der Waals surface area (Å²) in [5, 5.41) is 19.1. The Hall–Kier alpha value is -3.00. The summed E-state index contributed by atoms with van der Waals surface area (Å²) < 4.78 is 14.5. The highest BCUT2D eigenvalue weighted by Gasteiger charge is 2.18. The van der Waals surface area contributed by atoms with Crippen LogP contribution in [0.1, 0.15) is 5.56 Å². The van der Waals surface area contributed by atoms with Gasteiger partial charge in [-0.2, -0.15) is 20.7 Å². The van der Waals surface area contributed by atoms with Crippen molar-refractivity contribution in [1.29, 1.82) is 5.26 Å². The Bertz CT molecular complexity index is 774. The van der Waals surface area contributed by atoms with E-state index in [1.807, 2.05) is 36.4 Å². The molecule has 5 heteroatoms. The van der Waals surface area contributed by atoms with Crippen LogP contribution in [0.4, 0.5) is 4.39 Å². The molecule has 0 unspecified atom stereocenters. The van der Waals surface area contributed by atoms with Crippen molar-refractivity contribution in [2.75, 3.05) is 0 Å². The van der Waals surface area contributed by atoms with E-state index in [1.165, 1.54) is 12.3 Å². The second-order valence-corrected chi connectivity index (χ2v) is 4.18. The van der Waals surface area contributed by atoms with Gasteiger partial charge < -0.3 is 0 Å². The van der Waals surface area contributed by atoms with Crippen molar-refractivity contribution in [3.8, 4) is 28.5 Å². The average molecular weight is 264 g/mol. The van der Waals surface area contributed by atoms with Crippen molar-refractivity contribution in [2.24, 2.45) is 0 Å². The molecule has 0 atom stereocenters. The first kappa shape index (κ1) is 12.1. The zero-order valence-electron chi connectivity index (χ0n) is 10.3. The van der Waals surface area contributed by atoms with Crippen molar-refractivity contribution in [3.63, 3.8) is 0 Å². The van der Waals surface area contributed by atoms with Gasteiger partial charge in [-0.15, -0.1) is 0 Å². The van der Waals surface area contributed by atoms with Crippen LogP contribution in [-0.4, -0.2) is 15.4 Å². The lowest BCUT2D eigenvalue weighted by Gasteiger charge is -2.09. The van der Waals surface area contributed by atoms with Gasteiger partial charge in [-0.1, -0.05) is 36.4 Å². The standard InChI is InChI=1S/C15H9FN4/c16-15-11(8-17)6-7-12(10-4-2-1-3-5-10)14(15)13-9-18-20-19-13/h1-7,9H,(H,18,19,20). The monoisotopic (exact) mass is 264 g/mol. The molecule has 0 saturated carbocycles. The van der Waals surface area contributed by atoms with Crippen molar-refractivity contribution in [2.45, 2.75) is 0 Å². The summed E-state index contributed by atoms with van der Waals surface area (Å²) in [5.41, 5.74) is 2.18. The molecule has 1 N–H and O–H groups in total. The lowest BCUT2D eigenvalue weighted by Crippen LogP contribution is -1.94. The molecule has 96 valence electrons. The molecular weight excluding hydrogens is 255 g/mol. The van der Waals surface area contributed by atoms with Crippen LogP contribution in [-0.2, 0) is 0 Å². The third-order valence-corrected chi connectivity index (χ3v) is 3.02. The molecule has 0 fully saturated rings. The van der Waals surface area contributed by atoms with E-state index in [2.05, 4.69) is 15.4 Å². The van der Waals surface area contributed by atoms with Gasteiger partial charge in [0.1, 0.15) is 11.8 Å². The number of nitrogens with one attached hydrogen (secondary N) is 1. The summed E-state index contributed by atoms with van der Waals surface area (Å²) in [4.78, 5) is 0. The van der Waals surface area contributed by atoms with Gasteiger partial charge in [0.25, 0.3) is 0 Å². The minimum Gasteiger partial charge on any atom is -0.205 e. The van der Waals surface area contributed by atoms with E-state index in [9.17, 15) is 4.39 Å². The first-order valence-corrected chi connectivity index (χ1v) is 5.95. The van der Waals surface area contributed by atoms with Gasteiger partial charge in [0, 0.05) is 5.56 Å². The lowest BCUT2D eigenvalue weighted by atomic mass is 9.95. The Balaban J connectivity index is 2.31. The number of aromatic amines is 1. The number of benzene rings is 2. The maximum Gasteiger partial charge on any atom is 0.151 e. The molecule has 1 aromatic heterocycles.